The molecule has 1 aliphatic heterocycles. The van der Waals surface area contributed by atoms with Gasteiger partial charge in [0.1, 0.15) is 0 Å². The highest BCUT2D eigenvalue weighted by Gasteiger charge is 2.35. The fourth-order valence-corrected chi connectivity index (χ4v) is 5.40. The topological polar surface area (TPSA) is 115 Å². The van der Waals surface area contributed by atoms with Crippen LogP contribution < -0.4 is 10.1 Å². The molecule has 1 unspecified atom stereocenters. The Kier molecular flexibility index (Phi) is 7.76. The summed E-state index contributed by atoms with van der Waals surface area (Å²) in [7, 11) is 0. The van der Waals surface area contributed by atoms with Crippen molar-refractivity contribution < 1.29 is 28.6 Å². The van der Waals surface area contributed by atoms with Gasteiger partial charge in [-0.15, -0.1) is 0 Å². The minimum Gasteiger partial charge on any atom is -0.490 e. The zero-order valence-corrected chi connectivity index (χ0v) is 24.7. The van der Waals surface area contributed by atoms with Gasteiger partial charge in [-0.2, -0.15) is 5.10 Å². The first-order chi connectivity index (χ1) is 19.8. The average Bonchev–Trinajstić information content (AvgIpc) is 3.35. The Morgan fingerprint density at radius 1 is 1.19 bits per heavy atom. The van der Waals surface area contributed by atoms with Crippen LogP contribution in [0.2, 0.25) is 0 Å². The van der Waals surface area contributed by atoms with Crippen LogP contribution in [0.3, 0.4) is 0 Å². The molecule has 4 aromatic rings. The number of benzene rings is 2. The average molecular weight is 575 g/mol. The number of fused-ring (bicyclic) bond motifs is 2. The van der Waals surface area contributed by atoms with E-state index in [1.807, 2.05) is 38.1 Å². The molecule has 220 valence electrons. The molecule has 1 aliphatic rings. The Morgan fingerprint density at radius 2 is 1.95 bits per heavy atom. The first-order valence-corrected chi connectivity index (χ1v) is 13.9. The van der Waals surface area contributed by atoms with Crippen molar-refractivity contribution in [3.63, 3.8) is 0 Å². The SMILES string of the molecule is Cc1cccc(CNC(=O)c2cc3nc(C)c(C(OC(C)(C)C)C(=O)O)c(-c4cc(F)c5c(c4C)CCCO5)n3n2)c1. The number of carboxylic acid groups (broad SMARTS) is 1. The number of hydrogen-bond donors (Lipinski definition) is 2. The van der Waals surface area contributed by atoms with Crippen LogP contribution >= 0.6 is 0 Å². The number of carboxylic acids is 1. The second kappa shape index (κ2) is 11.2. The molecule has 1 amide bonds. The molecule has 0 saturated carbocycles. The third-order valence-corrected chi connectivity index (χ3v) is 7.25. The van der Waals surface area contributed by atoms with E-state index in [-0.39, 0.29) is 17.0 Å². The number of aliphatic carboxylic acids is 1. The van der Waals surface area contributed by atoms with E-state index >= 15 is 4.39 Å². The van der Waals surface area contributed by atoms with E-state index in [1.54, 1.807) is 33.8 Å². The summed E-state index contributed by atoms with van der Waals surface area (Å²) in [4.78, 5) is 30.5. The number of carbonyl (C=O) groups excluding carboxylic acids is 1. The Bertz CT molecular complexity index is 1710. The fraction of sp³-hybridized carbons (Fsp3) is 0.375. The van der Waals surface area contributed by atoms with E-state index in [4.69, 9.17) is 9.47 Å². The molecule has 9 nitrogen and oxygen atoms in total. The molecular weight excluding hydrogens is 539 g/mol. The Hall–Kier alpha value is -4.31. The number of amides is 1. The Morgan fingerprint density at radius 3 is 2.64 bits per heavy atom. The van der Waals surface area contributed by atoms with Crippen LogP contribution in [0.1, 0.15) is 77.3 Å². The molecule has 0 bridgehead atoms. The van der Waals surface area contributed by atoms with Crippen LogP contribution in [-0.2, 0) is 22.5 Å². The number of halogens is 1. The van der Waals surface area contributed by atoms with E-state index in [0.717, 1.165) is 28.7 Å². The van der Waals surface area contributed by atoms with E-state index in [0.29, 0.717) is 42.2 Å². The van der Waals surface area contributed by atoms with Gasteiger partial charge in [0.05, 0.1) is 17.9 Å². The number of nitrogens with one attached hydrogen (secondary N) is 1. The van der Waals surface area contributed by atoms with Gasteiger partial charge in [0.2, 0.25) is 0 Å². The second-order valence-electron chi connectivity index (χ2n) is 11.7. The largest absolute Gasteiger partial charge is 0.490 e. The van der Waals surface area contributed by atoms with Gasteiger partial charge in [0.15, 0.2) is 29.0 Å². The molecule has 0 radical (unpaired) electrons. The first kappa shape index (κ1) is 29.2. The molecule has 1 atom stereocenters. The molecule has 5 rings (SSSR count). The summed E-state index contributed by atoms with van der Waals surface area (Å²) in [5.74, 6) is -1.98. The third kappa shape index (κ3) is 5.72. The van der Waals surface area contributed by atoms with Gasteiger partial charge in [-0.05, 0) is 71.6 Å². The van der Waals surface area contributed by atoms with Crippen molar-refractivity contribution in [1.82, 2.24) is 19.9 Å². The van der Waals surface area contributed by atoms with Crippen molar-refractivity contribution in [2.75, 3.05) is 6.61 Å². The van der Waals surface area contributed by atoms with Gasteiger partial charge in [-0.3, -0.25) is 4.79 Å². The van der Waals surface area contributed by atoms with Crippen molar-refractivity contribution >= 4 is 17.5 Å². The summed E-state index contributed by atoms with van der Waals surface area (Å²) < 4.78 is 28.6. The van der Waals surface area contributed by atoms with E-state index in [9.17, 15) is 14.7 Å². The highest BCUT2D eigenvalue weighted by Crippen LogP contribution is 2.41. The maximum atomic E-state index is 15.5. The van der Waals surface area contributed by atoms with Crippen molar-refractivity contribution in [1.29, 1.82) is 0 Å². The van der Waals surface area contributed by atoms with Crippen molar-refractivity contribution in [2.45, 2.75) is 72.6 Å². The molecular formula is C32H35FN4O5. The van der Waals surface area contributed by atoms with Gasteiger partial charge in [-0.25, -0.2) is 18.7 Å². The summed E-state index contributed by atoms with van der Waals surface area (Å²) in [6.45, 7) is 11.5. The Labute approximate surface area is 243 Å². The lowest BCUT2D eigenvalue weighted by Crippen LogP contribution is -2.29. The van der Waals surface area contributed by atoms with Gasteiger partial charge in [0.25, 0.3) is 5.91 Å². The molecule has 2 N–H and O–H groups in total. The second-order valence-corrected chi connectivity index (χ2v) is 11.7. The fourth-order valence-electron chi connectivity index (χ4n) is 5.40. The number of hydrogen-bond acceptors (Lipinski definition) is 6. The maximum absolute atomic E-state index is 15.5. The zero-order valence-electron chi connectivity index (χ0n) is 24.7. The smallest absolute Gasteiger partial charge is 0.337 e. The minimum absolute atomic E-state index is 0.0935. The van der Waals surface area contributed by atoms with Gasteiger partial charge >= 0.3 is 5.97 Å². The molecule has 10 heteroatoms. The lowest BCUT2D eigenvalue weighted by atomic mass is 9.91. The maximum Gasteiger partial charge on any atom is 0.337 e. The monoisotopic (exact) mass is 574 g/mol. The highest BCUT2D eigenvalue weighted by atomic mass is 19.1. The molecule has 42 heavy (non-hydrogen) atoms. The number of ether oxygens (including phenoxy) is 2. The van der Waals surface area contributed by atoms with E-state index in [2.05, 4.69) is 15.4 Å². The summed E-state index contributed by atoms with van der Waals surface area (Å²) >= 11 is 0. The van der Waals surface area contributed by atoms with Crippen molar-refractivity contribution in [3.8, 4) is 17.0 Å². The third-order valence-electron chi connectivity index (χ3n) is 7.25. The number of rotatable bonds is 7. The molecule has 0 saturated heterocycles. The van der Waals surface area contributed by atoms with Crippen LogP contribution in [0.4, 0.5) is 4.39 Å². The van der Waals surface area contributed by atoms with Crippen molar-refractivity contribution in [3.05, 3.63) is 81.4 Å². The van der Waals surface area contributed by atoms with Crippen molar-refractivity contribution in [2.24, 2.45) is 0 Å². The van der Waals surface area contributed by atoms with Crippen LogP contribution in [-0.4, -0.2) is 43.8 Å². The van der Waals surface area contributed by atoms with E-state index in [1.165, 1.54) is 10.6 Å². The van der Waals surface area contributed by atoms with Gasteiger partial charge < -0.3 is 19.9 Å². The van der Waals surface area contributed by atoms with Crippen LogP contribution in [0.15, 0.2) is 36.4 Å². The highest BCUT2D eigenvalue weighted by molar-refractivity contribution is 5.93. The zero-order chi connectivity index (χ0) is 30.3. The summed E-state index contributed by atoms with van der Waals surface area (Å²) in [5, 5.41) is 17.8. The summed E-state index contributed by atoms with van der Waals surface area (Å²) in [6, 6.07) is 10.7. The quantitative estimate of drug-likeness (QED) is 0.293. The predicted octanol–water partition coefficient (Wildman–Crippen LogP) is 5.66. The molecule has 2 aromatic heterocycles. The molecule has 0 spiro atoms. The van der Waals surface area contributed by atoms with Gasteiger partial charge in [-0.1, -0.05) is 29.8 Å². The van der Waals surface area contributed by atoms with Crippen LogP contribution in [0, 0.1) is 26.6 Å². The summed E-state index contributed by atoms with van der Waals surface area (Å²) in [5.41, 5.74) is 4.40. The lowest BCUT2D eigenvalue weighted by Gasteiger charge is -2.28. The predicted molar refractivity (Wildman–Crippen MR) is 155 cm³/mol. The normalized spacial score (nSPS) is 13.9. The summed E-state index contributed by atoms with van der Waals surface area (Å²) in [6.07, 6.45) is -0.0951. The van der Waals surface area contributed by atoms with Gasteiger partial charge in [0, 0.05) is 35.0 Å². The number of nitrogens with zero attached hydrogens (tertiary/aromatic N) is 3. The minimum atomic E-state index is -1.44. The first-order valence-electron chi connectivity index (χ1n) is 13.9. The molecule has 2 aromatic carbocycles. The molecule has 3 heterocycles. The van der Waals surface area contributed by atoms with Crippen LogP contribution in [0.5, 0.6) is 5.75 Å². The number of aromatic nitrogens is 3. The number of carbonyl (C=O) groups is 2. The molecule has 0 fully saturated rings. The van der Waals surface area contributed by atoms with E-state index < -0.39 is 29.4 Å². The standard InChI is InChI=1S/C32H35FN4O5/c1-17-9-7-10-20(13-17)16-34-30(38)24-15-25-35-19(3)26(29(31(39)40)42-32(4,5)6)27(37(25)36-24)22-14-23(33)28-21(18(22)2)11-8-12-41-28/h7,9-10,13-15,29H,8,11-12,16H2,1-6H3,(H,34,38)(H,39,40). The number of aryl methyl sites for hydroxylation is 2. The molecule has 0 aliphatic carbocycles. The van der Waals surface area contributed by atoms with Crippen LogP contribution in [0.25, 0.3) is 16.9 Å². The Balaban J connectivity index is 1.70. The lowest BCUT2D eigenvalue weighted by molar-refractivity contribution is -0.160.